The third kappa shape index (κ3) is 3.63. The van der Waals surface area contributed by atoms with Crippen LogP contribution < -0.4 is 10.2 Å². The number of methoxy groups -OCH3 is 1. The maximum absolute atomic E-state index is 13.8. The number of hydrogen-bond acceptors (Lipinski definition) is 6. The second-order valence-corrected chi connectivity index (χ2v) is 7.22. The Kier molecular flexibility index (Phi) is 5.65. The largest absolute Gasteiger partial charge is 0.504 e. The van der Waals surface area contributed by atoms with Crippen molar-refractivity contribution in [1.29, 1.82) is 0 Å². The number of benzene rings is 2. The molecule has 1 aliphatic heterocycles. The van der Waals surface area contributed by atoms with Gasteiger partial charge in [0, 0.05) is 20.3 Å². The Hall–Kier alpha value is -3.39. The molecule has 0 aliphatic carbocycles. The van der Waals surface area contributed by atoms with Crippen molar-refractivity contribution in [2.75, 3.05) is 26.9 Å². The summed E-state index contributed by atoms with van der Waals surface area (Å²) in [6, 6.07) is 7.56. The highest BCUT2D eigenvalue weighted by Gasteiger charge is 2.42. The van der Waals surface area contributed by atoms with Crippen LogP contribution in [0.5, 0.6) is 11.5 Å². The predicted octanol–water partition coefficient (Wildman–Crippen LogP) is 3.62. The molecule has 0 saturated carbocycles. The van der Waals surface area contributed by atoms with Gasteiger partial charge in [-0.2, -0.15) is 0 Å². The van der Waals surface area contributed by atoms with Crippen LogP contribution in [0.1, 0.15) is 41.1 Å². The topological polar surface area (TPSA) is 89.2 Å². The van der Waals surface area contributed by atoms with Crippen molar-refractivity contribution in [3.05, 3.63) is 69.3 Å². The zero-order chi connectivity index (χ0) is 22.1. The van der Waals surface area contributed by atoms with Gasteiger partial charge < -0.3 is 23.9 Å². The standard InChI is InChI=1S/C23H22FNO6/c1-3-30-18-11-13(5-7-16(18)26)20-19-21(27)15-12-14(24)6-8-17(15)31-22(19)23(28)25(20)9-4-10-29-2/h5-8,11-12,20,26H,3-4,9-10H2,1-2H3. The fraction of sp³-hybridized carbons (Fsp3) is 0.304. The lowest BCUT2D eigenvalue weighted by molar-refractivity contribution is 0.0707. The van der Waals surface area contributed by atoms with Gasteiger partial charge in [-0.25, -0.2) is 4.39 Å². The first-order chi connectivity index (χ1) is 15.0. The van der Waals surface area contributed by atoms with E-state index in [-0.39, 0.29) is 33.8 Å². The lowest BCUT2D eigenvalue weighted by atomic mass is 9.98. The quantitative estimate of drug-likeness (QED) is 0.580. The number of phenolic OH excluding ortho intramolecular Hbond substituents is 1. The van der Waals surface area contributed by atoms with Gasteiger partial charge >= 0.3 is 0 Å². The molecule has 8 heteroatoms. The van der Waals surface area contributed by atoms with Gasteiger partial charge in [0.25, 0.3) is 5.91 Å². The lowest BCUT2D eigenvalue weighted by Crippen LogP contribution is -2.31. The van der Waals surface area contributed by atoms with Gasteiger partial charge in [0.2, 0.25) is 5.76 Å². The van der Waals surface area contributed by atoms with E-state index in [1.54, 1.807) is 26.2 Å². The first-order valence-electron chi connectivity index (χ1n) is 9.98. The number of rotatable bonds is 7. The van der Waals surface area contributed by atoms with Crippen LogP contribution in [-0.2, 0) is 4.74 Å². The molecular formula is C23H22FNO6. The molecule has 2 aromatic carbocycles. The number of nitrogens with zero attached hydrogens (tertiary/aromatic N) is 1. The maximum Gasteiger partial charge on any atom is 0.290 e. The van der Waals surface area contributed by atoms with Crippen LogP contribution in [0.15, 0.2) is 45.6 Å². The van der Waals surface area contributed by atoms with Crippen LogP contribution in [0.4, 0.5) is 4.39 Å². The number of amides is 1. The summed E-state index contributed by atoms with van der Waals surface area (Å²) in [6.07, 6.45) is 0.547. The molecule has 3 aromatic rings. The summed E-state index contributed by atoms with van der Waals surface area (Å²) in [5.74, 6) is -0.855. The molecule has 162 valence electrons. The normalized spacial score (nSPS) is 15.5. The van der Waals surface area contributed by atoms with Gasteiger partial charge in [-0.3, -0.25) is 9.59 Å². The second-order valence-electron chi connectivity index (χ2n) is 7.22. The van der Waals surface area contributed by atoms with E-state index in [0.717, 1.165) is 6.07 Å². The van der Waals surface area contributed by atoms with Crippen LogP contribution in [-0.4, -0.2) is 42.8 Å². The Morgan fingerprint density at radius 1 is 1.19 bits per heavy atom. The molecule has 0 radical (unpaired) electrons. The van der Waals surface area contributed by atoms with Crippen LogP contribution in [0, 0.1) is 5.82 Å². The van der Waals surface area contributed by atoms with E-state index in [2.05, 4.69) is 0 Å². The Morgan fingerprint density at radius 2 is 2.00 bits per heavy atom. The zero-order valence-corrected chi connectivity index (χ0v) is 17.2. The smallest absolute Gasteiger partial charge is 0.290 e. The number of hydrogen-bond donors (Lipinski definition) is 1. The van der Waals surface area contributed by atoms with Gasteiger partial charge in [-0.1, -0.05) is 6.07 Å². The molecular weight excluding hydrogens is 405 g/mol. The molecule has 1 aliphatic rings. The van der Waals surface area contributed by atoms with E-state index in [0.29, 0.717) is 31.7 Å². The van der Waals surface area contributed by atoms with Crippen LogP contribution in [0.25, 0.3) is 11.0 Å². The Bertz CT molecular complexity index is 1200. The summed E-state index contributed by atoms with van der Waals surface area (Å²) in [4.78, 5) is 28.1. The van der Waals surface area contributed by atoms with E-state index in [9.17, 15) is 19.1 Å². The van der Waals surface area contributed by atoms with Crippen molar-refractivity contribution in [2.45, 2.75) is 19.4 Å². The number of fused-ring (bicyclic) bond motifs is 2. The molecule has 7 nitrogen and oxygen atoms in total. The minimum absolute atomic E-state index is 0.0475. The summed E-state index contributed by atoms with van der Waals surface area (Å²) in [6.45, 7) is 2.87. The van der Waals surface area contributed by atoms with Gasteiger partial charge in [0.1, 0.15) is 11.4 Å². The number of phenols is 1. The van der Waals surface area contributed by atoms with Gasteiger partial charge in [-0.15, -0.1) is 0 Å². The molecule has 4 rings (SSSR count). The highest BCUT2D eigenvalue weighted by molar-refractivity contribution is 5.99. The van der Waals surface area contributed by atoms with Crippen LogP contribution in [0.3, 0.4) is 0 Å². The van der Waals surface area contributed by atoms with Crippen molar-refractivity contribution in [3.8, 4) is 11.5 Å². The molecule has 1 aromatic heterocycles. The predicted molar refractivity (Wildman–Crippen MR) is 111 cm³/mol. The van der Waals surface area contributed by atoms with E-state index >= 15 is 0 Å². The van der Waals surface area contributed by atoms with Gasteiger partial charge in [0.05, 0.1) is 23.6 Å². The Labute approximate surface area is 177 Å². The molecule has 0 bridgehead atoms. The number of halogens is 1. The van der Waals surface area contributed by atoms with Crippen molar-refractivity contribution < 1.29 is 28.2 Å². The third-order valence-electron chi connectivity index (χ3n) is 5.27. The Morgan fingerprint density at radius 3 is 2.74 bits per heavy atom. The molecule has 1 atom stereocenters. The fourth-order valence-corrected chi connectivity index (χ4v) is 3.92. The maximum atomic E-state index is 13.8. The average Bonchev–Trinajstić information content (AvgIpc) is 3.03. The van der Waals surface area contributed by atoms with Gasteiger partial charge in [0.15, 0.2) is 16.9 Å². The third-order valence-corrected chi connectivity index (χ3v) is 5.27. The van der Waals surface area contributed by atoms with E-state index in [1.807, 2.05) is 0 Å². The van der Waals surface area contributed by atoms with Crippen molar-refractivity contribution >= 4 is 16.9 Å². The summed E-state index contributed by atoms with van der Waals surface area (Å²) in [5.41, 5.74) is 0.411. The zero-order valence-electron chi connectivity index (χ0n) is 17.2. The second kappa shape index (κ2) is 8.39. The molecule has 1 N–H and O–H groups in total. The molecule has 0 fully saturated rings. The van der Waals surface area contributed by atoms with Crippen molar-refractivity contribution in [2.24, 2.45) is 0 Å². The highest BCUT2D eigenvalue weighted by Crippen LogP contribution is 2.40. The minimum Gasteiger partial charge on any atom is -0.504 e. The minimum atomic E-state index is -0.761. The summed E-state index contributed by atoms with van der Waals surface area (Å²) in [7, 11) is 1.57. The van der Waals surface area contributed by atoms with Crippen LogP contribution >= 0.6 is 0 Å². The number of carbonyl (C=O) groups excluding carboxylic acids is 1. The highest BCUT2D eigenvalue weighted by atomic mass is 19.1. The molecule has 0 saturated heterocycles. The van der Waals surface area contributed by atoms with Crippen molar-refractivity contribution in [1.82, 2.24) is 4.90 Å². The molecule has 31 heavy (non-hydrogen) atoms. The molecule has 2 heterocycles. The van der Waals surface area contributed by atoms with Crippen molar-refractivity contribution in [3.63, 3.8) is 0 Å². The van der Waals surface area contributed by atoms with E-state index < -0.39 is 23.2 Å². The van der Waals surface area contributed by atoms with E-state index in [1.165, 1.54) is 23.1 Å². The van der Waals surface area contributed by atoms with E-state index in [4.69, 9.17) is 13.9 Å². The van der Waals surface area contributed by atoms with Gasteiger partial charge in [-0.05, 0) is 49.2 Å². The number of aromatic hydroxyl groups is 1. The molecule has 1 amide bonds. The average molecular weight is 427 g/mol. The summed E-state index contributed by atoms with van der Waals surface area (Å²) in [5, 5.41) is 10.1. The SMILES string of the molecule is CCOc1cc(C2c3c(oc4ccc(F)cc4c3=O)C(=O)N2CCCOC)ccc1O. The Balaban J connectivity index is 1.92. The molecule has 0 spiro atoms. The lowest BCUT2D eigenvalue weighted by Gasteiger charge is -2.25. The monoisotopic (exact) mass is 427 g/mol. The molecule has 1 unspecified atom stereocenters. The summed E-state index contributed by atoms with van der Waals surface area (Å²) >= 11 is 0. The first kappa shape index (κ1) is 20.9. The first-order valence-corrected chi connectivity index (χ1v) is 9.98. The summed E-state index contributed by atoms with van der Waals surface area (Å²) < 4.78 is 30.2. The number of carbonyl (C=O) groups is 1. The number of ether oxygens (including phenoxy) is 2. The fourth-order valence-electron chi connectivity index (χ4n) is 3.92. The van der Waals surface area contributed by atoms with Crippen LogP contribution in [0.2, 0.25) is 0 Å².